The third-order valence-corrected chi connectivity index (χ3v) is 2.52. The van der Waals surface area contributed by atoms with Crippen molar-refractivity contribution in [2.45, 2.75) is 0 Å². The monoisotopic (exact) mass is 205 g/mol. The van der Waals surface area contributed by atoms with Crippen molar-refractivity contribution in [3.05, 3.63) is 35.4 Å². The number of halogens is 1. The van der Waals surface area contributed by atoms with Gasteiger partial charge in [0.15, 0.2) is 5.69 Å². The first-order valence-electron chi connectivity index (χ1n) is 4.94. The van der Waals surface area contributed by atoms with Crippen molar-refractivity contribution in [3.63, 3.8) is 0 Å². The normalized spacial score (nSPS) is 16.1. The molecule has 0 unspecified atom stereocenters. The van der Waals surface area contributed by atoms with Gasteiger partial charge in [-0.2, -0.15) is 0 Å². The first-order chi connectivity index (χ1) is 7.31. The topological polar surface area (TPSA) is 19.6 Å². The van der Waals surface area contributed by atoms with E-state index in [2.05, 4.69) is 10.2 Å². The molecule has 1 fully saturated rings. The fourth-order valence-electron chi connectivity index (χ4n) is 1.73. The van der Waals surface area contributed by atoms with Crippen molar-refractivity contribution < 1.29 is 4.39 Å². The Labute approximate surface area is 88.3 Å². The molecular weight excluding hydrogens is 193 g/mol. The van der Waals surface area contributed by atoms with Crippen molar-refractivity contribution in [3.8, 4) is 0 Å². The molecule has 0 amide bonds. The van der Waals surface area contributed by atoms with Crippen LogP contribution in [0.4, 0.5) is 15.8 Å². The Balaban J connectivity index is 2.24. The van der Waals surface area contributed by atoms with Crippen molar-refractivity contribution in [1.29, 1.82) is 0 Å². The van der Waals surface area contributed by atoms with Gasteiger partial charge in [0.25, 0.3) is 0 Å². The SMILES string of the molecule is [C-]#[N+]c1ccc(N2CCNCC2)c(F)c1. The van der Waals surface area contributed by atoms with Gasteiger partial charge in [0.2, 0.25) is 0 Å². The van der Waals surface area contributed by atoms with Gasteiger partial charge >= 0.3 is 0 Å². The Morgan fingerprint density at radius 1 is 1.33 bits per heavy atom. The van der Waals surface area contributed by atoms with Crippen LogP contribution in [0.2, 0.25) is 0 Å². The second-order valence-corrected chi connectivity index (χ2v) is 3.48. The van der Waals surface area contributed by atoms with Crippen LogP contribution in [-0.4, -0.2) is 26.2 Å². The molecule has 0 spiro atoms. The molecule has 1 aromatic carbocycles. The second-order valence-electron chi connectivity index (χ2n) is 3.48. The van der Waals surface area contributed by atoms with Crippen LogP contribution in [0.15, 0.2) is 18.2 Å². The lowest BCUT2D eigenvalue weighted by Gasteiger charge is -2.29. The van der Waals surface area contributed by atoms with Crippen LogP contribution >= 0.6 is 0 Å². The van der Waals surface area contributed by atoms with E-state index in [0.717, 1.165) is 26.2 Å². The van der Waals surface area contributed by atoms with Gasteiger partial charge in [-0.1, -0.05) is 6.07 Å². The van der Waals surface area contributed by atoms with Crippen molar-refractivity contribution in [2.24, 2.45) is 0 Å². The van der Waals surface area contributed by atoms with Gasteiger partial charge in [-0.25, -0.2) is 9.24 Å². The molecule has 0 radical (unpaired) electrons. The van der Waals surface area contributed by atoms with Gasteiger partial charge in [-0.05, 0) is 12.1 Å². The smallest absolute Gasteiger partial charge is 0.190 e. The summed E-state index contributed by atoms with van der Waals surface area (Å²) in [5, 5.41) is 3.21. The minimum Gasteiger partial charge on any atom is -0.367 e. The molecule has 0 saturated carbocycles. The summed E-state index contributed by atoms with van der Waals surface area (Å²) in [6.07, 6.45) is 0. The van der Waals surface area contributed by atoms with E-state index >= 15 is 0 Å². The summed E-state index contributed by atoms with van der Waals surface area (Å²) in [5.41, 5.74) is 0.954. The maximum atomic E-state index is 13.6. The average Bonchev–Trinajstić information content (AvgIpc) is 2.30. The largest absolute Gasteiger partial charge is 0.367 e. The van der Waals surface area contributed by atoms with Crippen LogP contribution in [0, 0.1) is 12.4 Å². The molecule has 0 aliphatic carbocycles. The van der Waals surface area contributed by atoms with Crippen molar-refractivity contribution in [2.75, 3.05) is 31.1 Å². The fourth-order valence-corrected chi connectivity index (χ4v) is 1.73. The summed E-state index contributed by atoms with van der Waals surface area (Å²) in [7, 11) is 0. The predicted molar refractivity (Wildman–Crippen MR) is 57.7 cm³/mol. The number of anilines is 1. The molecule has 4 heteroatoms. The number of nitrogens with one attached hydrogen (secondary N) is 1. The molecule has 2 rings (SSSR count). The van der Waals surface area contributed by atoms with Gasteiger partial charge in [0.05, 0.1) is 12.3 Å². The van der Waals surface area contributed by atoms with E-state index in [1.54, 1.807) is 12.1 Å². The molecular formula is C11H12FN3. The molecule has 1 heterocycles. The molecule has 1 aromatic rings. The first kappa shape index (κ1) is 9.94. The number of piperazine rings is 1. The predicted octanol–water partition coefficient (Wildman–Crippen LogP) is 1.79. The quantitative estimate of drug-likeness (QED) is 0.705. The molecule has 1 aliphatic heterocycles. The zero-order valence-electron chi connectivity index (χ0n) is 8.33. The summed E-state index contributed by atoms with van der Waals surface area (Å²) >= 11 is 0. The summed E-state index contributed by atoms with van der Waals surface area (Å²) in [6.45, 7) is 10.2. The van der Waals surface area contributed by atoms with E-state index in [1.165, 1.54) is 6.07 Å². The Hall–Kier alpha value is -1.60. The minimum absolute atomic E-state index is 0.301. The molecule has 0 aromatic heterocycles. The van der Waals surface area contributed by atoms with E-state index in [0.29, 0.717) is 11.4 Å². The molecule has 1 saturated heterocycles. The Kier molecular flexibility index (Phi) is 2.84. The van der Waals surface area contributed by atoms with E-state index in [1.807, 2.05) is 4.90 Å². The van der Waals surface area contributed by atoms with Gasteiger partial charge in [-0.15, -0.1) is 0 Å². The zero-order valence-corrected chi connectivity index (χ0v) is 8.33. The van der Waals surface area contributed by atoms with Crippen LogP contribution in [0.1, 0.15) is 0 Å². The van der Waals surface area contributed by atoms with Crippen LogP contribution in [-0.2, 0) is 0 Å². The van der Waals surface area contributed by atoms with E-state index < -0.39 is 0 Å². The minimum atomic E-state index is -0.301. The lowest BCUT2D eigenvalue weighted by Crippen LogP contribution is -2.43. The third kappa shape index (κ3) is 2.08. The molecule has 15 heavy (non-hydrogen) atoms. The molecule has 78 valence electrons. The summed E-state index contributed by atoms with van der Waals surface area (Å²) in [6, 6.07) is 4.64. The molecule has 0 atom stereocenters. The van der Waals surface area contributed by atoms with Gasteiger partial charge in [0, 0.05) is 26.2 Å². The highest BCUT2D eigenvalue weighted by Gasteiger charge is 2.14. The van der Waals surface area contributed by atoms with Crippen LogP contribution < -0.4 is 10.2 Å². The molecule has 1 N–H and O–H groups in total. The molecule has 0 bridgehead atoms. The van der Waals surface area contributed by atoms with Crippen LogP contribution in [0.3, 0.4) is 0 Å². The fraction of sp³-hybridized carbons (Fsp3) is 0.364. The second kappa shape index (κ2) is 4.28. The number of nitrogens with zero attached hydrogens (tertiary/aromatic N) is 2. The zero-order chi connectivity index (χ0) is 10.7. The standard InChI is InChI=1S/C11H12FN3/c1-13-9-2-3-11(10(12)8-9)15-6-4-14-5-7-15/h2-3,8,14H,4-7H2. The molecule has 3 nitrogen and oxygen atoms in total. The summed E-state index contributed by atoms with van der Waals surface area (Å²) < 4.78 is 13.6. The van der Waals surface area contributed by atoms with Gasteiger partial charge in [-0.3, -0.25) is 0 Å². The Morgan fingerprint density at radius 2 is 2.07 bits per heavy atom. The maximum absolute atomic E-state index is 13.6. The average molecular weight is 205 g/mol. The number of hydrogen-bond donors (Lipinski definition) is 1. The van der Waals surface area contributed by atoms with Crippen molar-refractivity contribution in [1.82, 2.24) is 5.32 Å². The number of hydrogen-bond acceptors (Lipinski definition) is 2. The van der Waals surface area contributed by atoms with Crippen LogP contribution in [0.25, 0.3) is 4.85 Å². The Bertz CT molecular complexity index is 391. The van der Waals surface area contributed by atoms with Crippen molar-refractivity contribution >= 4 is 11.4 Å². The first-order valence-corrected chi connectivity index (χ1v) is 4.94. The van der Waals surface area contributed by atoms with Crippen LogP contribution in [0.5, 0.6) is 0 Å². The van der Waals surface area contributed by atoms with E-state index in [9.17, 15) is 4.39 Å². The van der Waals surface area contributed by atoms with E-state index in [-0.39, 0.29) is 5.82 Å². The lowest BCUT2D eigenvalue weighted by molar-refractivity contribution is 0.566. The summed E-state index contributed by atoms with van der Waals surface area (Å²) in [5.74, 6) is -0.301. The summed E-state index contributed by atoms with van der Waals surface area (Å²) in [4.78, 5) is 5.20. The lowest BCUT2D eigenvalue weighted by atomic mass is 10.2. The highest BCUT2D eigenvalue weighted by Crippen LogP contribution is 2.24. The van der Waals surface area contributed by atoms with Gasteiger partial charge < -0.3 is 10.2 Å². The maximum Gasteiger partial charge on any atom is 0.190 e. The van der Waals surface area contributed by atoms with Gasteiger partial charge in [0.1, 0.15) is 5.82 Å². The number of benzene rings is 1. The van der Waals surface area contributed by atoms with E-state index in [4.69, 9.17) is 6.57 Å². The Morgan fingerprint density at radius 3 is 2.67 bits per heavy atom. The number of rotatable bonds is 1. The highest BCUT2D eigenvalue weighted by molar-refractivity contribution is 5.57. The highest BCUT2D eigenvalue weighted by atomic mass is 19.1. The molecule has 1 aliphatic rings. The third-order valence-electron chi connectivity index (χ3n) is 2.52.